The molecule has 0 bridgehead atoms. The lowest BCUT2D eigenvalue weighted by molar-refractivity contribution is -0.115. The van der Waals surface area contributed by atoms with Crippen LogP contribution in [0.5, 0.6) is 0 Å². The third-order valence-electron chi connectivity index (χ3n) is 2.63. The van der Waals surface area contributed by atoms with Crippen LogP contribution in [0.2, 0.25) is 0 Å². The first-order valence-electron chi connectivity index (χ1n) is 6.04. The molecule has 1 aromatic carbocycles. The standard InChI is InChI=1S/C14H17N3O/c1-11(2)17-13(8-9-15-17)16-14(18)10-12-6-4-3-5-7-12/h3-9,11H,10H2,1-2H3,(H,16,18). The predicted octanol–water partition coefficient (Wildman–Crippen LogP) is 2.65. The zero-order chi connectivity index (χ0) is 13.0. The van der Waals surface area contributed by atoms with Crippen LogP contribution >= 0.6 is 0 Å². The van der Waals surface area contributed by atoms with Crippen molar-refractivity contribution in [2.45, 2.75) is 26.3 Å². The number of amides is 1. The van der Waals surface area contributed by atoms with Gasteiger partial charge in [0.1, 0.15) is 5.82 Å². The lowest BCUT2D eigenvalue weighted by Gasteiger charge is -2.11. The van der Waals surface area contributed by atoms with E-state index in [1.807, 2.05) is 50.2 Å². The number of nitrogens with zero attached hydrogens (tertiary/aromatic N) is 2. The van der Waals surface area contributed by atoms with Crippen LogP contribution in [-0.2, 0) is 11.2 Å². The van der Waals surface area contributed by atoms with Gasteiger partial charge in [0.2, 0.25) is 5.91 Å². The van der Waals surface area contributed by atoms with Gasteiger partial charge in [-0.1, -0.05) is 30.3 Å². The maximum atomic E-state index is 11.9. The Balaban J connectivity index is 2.01. The van der Waals surface area contributed by atoms with Crippen molar-refractivity contribution in [3.63, 3.8) is 0 Å². The molecule has 0 aliphatic rings. The van der Waals surface area contributed by atoms with Gasteiger partial charge >= 0.3 is 0 Å². The number of rotatable bonds is 4. The van der Waals surface area contributed by atoms with E-state index in [-0.39, 0.29) is 11.9 Å². The fourth-order valence-electron chi connectivity index (χ4n) is 1.79. The molecule has 94 valence electrons. The van der Waals surface area contributed by atoms with Gasteiger partial charge in [-0.05, 0) is 19.4 Å². The Morgan fingerprint density at radius 2 is 2.00 bits per heavy atom. The van der Waals surface area contributed by atoms with Gasteiger partial charge in [0.25, 0.3) is 0 Å². The van der Waals surface area contributed by atoms with Crippen molar-refractivity contribution >= 4 is 11.7 Å². The van der Waals surface area contributed by atoms with Gasteiger partial charge in [-0.2, -0.15) is 5.10 Å². The maximum absolute atomic E-state index is 11.9. The third kappa shape index (κ3) is 2.97. The van der Waals surface area contributed by atoms with E-state index in [1.54, 1.807) is 10.9 Å². The highest BCUT2D eigenvalue weighted by Crippen LogP contribution is 2.13. The molecule has 0 fully saturated rings. The van der Waals surface area contributed by atoms with E-state index in [0.717, 1.165) is 11.4 Å². The summed E-state index contributed by atoms with van der Waals surface area (Å²) in [4.78, 5) is 11.9. The van der Waals surface area contributed by atoms with E-state index in [4.69, 9.17) is 0 Å². The number of carbonyl (C=O) groups is 1. The van der Waals surface area contributed by atoms with Gasteiger partial charge in [-0.15, -0.1) is 0 Å². The summed E-state index contributed by atoms with van der Waals surface area (Å²) >= 11 is 0. The van der Waals surface area contributed by atoms with Gasteiger partial charge in [-0.3, -0.25) is 4.79 Å². The van der Waals surface area contributed by atoms with Crippen LogP contribution in [0.4, 0.5) is 5.82 Å². The molecule has 0 radical (unpaired) electrons. The van der Waals surface area contributed by atoms with Gasteiger partial charge < -0.3 is 5.32 Å². The number of nitrogens with one attached hydrogen (secondary N) is 1. The zero-order valence-electron chi connectivity index (χ0n) is 10.6. The van der Waals surface area contributed by atoms with E-state index in [1.165, 1.54) is 0 Å². The van der Waals surface area contributed by atoms with Crippen molar-refractivity contribution in [3.05, 3.63) is 48.2 Å². The van der Waals surface area contributed by atoms with Crippen molar-refractivity contribution in [2.24, 2.45) is 0 Å². The Morgan fingerprint density at radius 1 is 1.28 bits per heavy atom. The van der Waals surface area contributed by atoms with E-state index < -0.39 is 0 Å². The highest BCUT2D eigenvalue weighted by molar-refractivity contribution is 5.91. The molecule has 1 heterocycles. The van der Waals surface area contributed by atoms with Crippen molar-refractivity contribution in [1.82, 2.24) is 9.78 Å². The molecule has 18 heavy (non-hydrogen) atoms. The minimum atomic E-state index is -0.0244. The zero-order valence-corrected chi connectivity index (χ0v) is 10.6. The number of benzene rings is 1. The van der Waals surface area contributed by atoms with Crippen molar-refractivity contribution in [1.29, 1.82) is 0 Å². The molecule has 4 heteroatoms. The molecular formula is C14H17N3O. The first kappa shape index (κ1) is 12.4. The average Bonchev–Trinajstić information content (AvgIpc) is 2.78. The van der Waals surface area contributed by atoms with Gasteiger partial charge in [0.05, 0.1) is 12.6 Å². The van der Waals surface area contributed by atoms with Crippen molar-refractivity contribution in [3.8, 4) is 0 Å². The van der Waals surface area contributed by atoms with Crippen LogP contribution in [-0.4, -0.2) is 15.7 Å². The average molecular weight is 243 g/mol. The topological polar surface area (TPSA) is 46.9 Å². The summed E-state index contributed by atoms with van der Waals surface area (Å²) in [7, 11) is 0. The Labute approximate surface area is 107 Å². The van der Waals surface area contributed by atoms with E-state index in [2.05, 4.69) is 10.4 Å². The molecule has 1 N–H and O–H groups in total. The monoisotopic (exact) mass is 243 g/mol. The van der Waals surface area contributed by atoms with E-state index >= 15 is 0 Å². The summed E-state index contributed by atoms with van der Waals surface area (Å²) in [6.07, 6.45) is 2.07. The minimum absolute atomic E-state index is 0.0244. The van der Waals surface area contributed by atoms with Gasteiger partial charge in [0.15, 0.2) is 0 Å². The van der Waals surface area contributed by atoms with E-state index in [9.17, 15) is 4.79 Å². The van der Waals surface area contributed by atoms with Crippen LogP contribution in [0.3, 0.4) is 0 Å². The molecule has 0 aliphatic heterocycles. The maximum Gasteiger partial charge on any atom is 0.229 e. The van der Waals surface area contributed by atoms with E-state index in [0.29, 0.717) is 6.42 Å². The second-order valence-electron chi connectivity index (χ2n) is 4.47. The SMILES string of the molecule is CC(C)n1nccc1NC(=O)Cc1ccccc1. The number of hydrogen-bond donors (Lipinski definition) is 1. The minimum Gasteiger partial charge on any atom is -0.311 e. The van der Waals surface area contributed by atoms with Gasteiger partial charge in [-0.25, -0.2) is 4.68 Å². The summed E-state index contributed by atoms with van der Waals surface area (Å²) < 4.78 is 1.79. The lowest BCUT2D eigenvalue weighted by Crippen LogP contribution is -2.18. The van der Waals surface area contributed by atoms with Crippen LogP contribution in [0.25, 0.3) is 0 Å². The van der Waals surface area contributed by atoms with Crippen molar-refractivity contribution in [2.75, 3.05) is 5.32 Å². The Bertz CT molecular complexity index is 517. The fraction of sp³-hybridized carbons (Fsp3) is 0.286. The molecule has 0 unspecified atom stereocenters. The number of anilines is 1. The molecule has 1 amide bonds. The van der Waals surface area contributed by atoms with Crippen molar-refractivity contribution < 1.29 is 4.79 Å². The molecule has 4 nitrogen and oxygen atoms in total. The summed E-state index contributed by atoms with van der Waals surface area (Å²) in [6.45, 7) is 4.06. The van der Waals surface area contributed by atoms with Crippen LogP contribution < -0.4 is 5.32 Å². The first-order valence-corrected chi connectivity index (χ1v) is 6.04. The van der Waals surface area contributed by atoms with Crippen LogP contribution in [0.1, 0.15) is 25.5 Å². The molecule has 0 spiro atoms. The quantitative estimate of drug-likeness (QED) is 0.897. The number of carbonyl (C=O) groups excluding carboxylic acids is 1. The molecule has 0 aliphatic carbocycles. The molecule has 0 saturated carbocycles. The third-order valence-corrected chi connectivity index (χ3v) is 2.63. The number of aromatic nitrogens is 2. The highest BCUT2D eigenvalue weighted by Gasteiger charge is 2.09. The largest absolute Gasteiger partial charge is 0.311 e. The lowest BCUT2D eigenvalue weighted by atomic mass is 10.1. The summed E-state index contributed by atoms with van der Waals surface area (Å²) in [5.41, 5.74) is 1.01. The Kier molecular flexibility index (Phi) is 3.77. The highest BCUT2D eigenvalue weighted by atomic mass is 16.1. The molecular weight excluding hydrogens is 226 g/mol. The molecule has 0 atom stereocenters. The molecule has 1 aromatic heterocycles. The summed E-state index contributed by atoms with van der Waals surface area (Å²) in [5.74, 6) is 0.717. The summed E-state index contributed by atoms with van der Waals surface area (Å²) in [5, 5.41) is 7.06. The summed E-state index contributed by atoms with van der Waals surface area (Å²) in [6, 6.07) is 11.7. The second kappa shape index (κ2) is 5.49. The number of hydrogen-bond acceptors (Lipinski definition) is 2. The fourth-order valence-corrected chi connectivity index (χ4v) is 1.79. The van der Waals surface area contributed by atoms with Gasteiger partial charge in [0, 0.05) is 12.1 Å². The molecule has 2 aromatic rings. The predicted molar refractivity (Wildman–Crippen MR) is 71.4 cm³/mol. The molecule has 0 saturated heterocycles. The van der Waals surface area contributed by atoms with Crippen LogP contribution in [0.15, 0.2) is 42.6 Å². The smallest absolute Gasteiger partial charge is 0.229 e. The van der Waals surface area contributed by atoms with Crippen LogP contribution in [0, 0.1) is 0 Å². The first-order chi connectivity index (χ1) is 8.66. The normalized spacial score (nSPS) is 10.6. The Morgan fingerprint density at radius 3 is 2.67 bits per heavy atom. The second-order valence-corrected chi connectivity index (χ2v) is 4.47. The molecule has 2 rings (SSSR count). The Hall–Kier alpha value is -2.10.